The van der Waals surface area contributed by atoms with Gasteiger partial charge in [0.05, 0.1) is 27.6 Å². The molecule has 1 aromatic carbocycles. The highest BCUT2D eigenvalue weighted by Gasteiger charge is 2.12. The summed E-state index contributed by atoms with van der Waals surface area (Å²) in [6.45, 7) is 0. The van der Waals surface area contributed by atoms with Crippen LogP contribution in [0.25, 0.3) is 23.1 Å². The summed E-state index contributed by atoms with van der Waals surface area (Å²) < 4.78 is 5.00. The minimum atomic E-state index is -0.620. The summed E-state index contributed by atoms with van der Waals surface area (Å²) in [5.74, 6) is -0.0237. The van der Waals surface area contributed by atoms with Crippen LogP contribution in [0.2, 0.25) is 0 Å². The van der Waals surface area contributed by atoms with E-state index in [1.165, 1.54) is 18.2 Å². The van der Waals surface area contributed by atoms with E-state index in [4.69, 9.17) is 4.42 Å². The van der Waals surface area contributed by atoms with Gasteiger partial charge in [0.25, 0.3) is 5.69 Å². The summed E-state index contributed by atoms with van der Waals surface area (Å²) in [6, 6.07) is 10.6. The fourth-order valence-electron chi connectivity index (χ4n) is 2.10. The highest BCUT2D eigenvalue weighted by molar-refractivity contribution is 5.88. The van der Waals surface area contributed by atoms with Crippen molar-refractivity contribution in [3.8, 4) is 0 Å². The summed E-state index contributed by atoms with van der Waals surface area (Å²) in [4.78, 5) is 24.7. The molecule has 0 radical (unpaired) electrons. The molecule has 2 aromatic heterocycles. The van der Waals surface area contributed by atoms with E-state index in [0.717, 1.165) is 0 Å². The van der Waals surface area contributed by atoms with E-state index >= 15 is 0 Å². The number of fused-ring (bicyclic) bond motifs is 1. The molecule has 0 amide bonds. The molecule has 2 heterocycles. The van der Waals surface area contributed by atoms with Gasteiger partial charge in [0.2, 0.25) is 0 Å². The molecule has 0 spiro atoms. The van der Waals surface area contributed by atoms with E-state index in [1.807, 2.05) is 0 Å². The fourth-order valence-corrected chi connectivity index (χ4v) is 2.10. The second-order valence-electron chi connectivity index (χ2n) is 4.60. The standard InChI is InChI=1S/C15H9N3O5/c19-17(20)14-3-1-2-13-12(14)8-5-10(16-13)4-6-11-7-9-15(23-11)18(21)22/h1-9H. The Morgan fingerprint density at radius 2 is 1.78 bits per heavy atom. The molecule has 0 aliphatic heterocycles. The van der Waals surface area contributed by atoms with E-state index in [2.05, 4.69) is 4.98 Å². The third-order valence-electron chi connectivity index (χ3n) is 3.14. The molecule has 8 heteroatoms. The minimum absolute atomic E-state index is 0.00723. The average Bonchev–Trinajstić information content (AvgIpc) is 3.01. The van der Waals surface area contributed by atoms with Crippen LogP contribution >= 0.6 is 0 Å². The molecule has 0 saturated carbocycles. The molecule has 114 valence electrons. The van der Waals surface area contributed by atoms with Gasteiger partial charge in [0.15, 0.2) is 0 Å². The zero-order chi connectivity index (χ0) is 16.4. The predicted molar refractivity (Wildman–Crippen MR) is 82.7 cm³/mol. The molecule has 0 bridgehead atoms. The predicted octanol–water partition coefficient (Wildman–Crippen LogP) is 3.81. The Morgan fingerprint density at radius 1 is 0.957 bits per heavy atom. The Hall–Kier alpha value is -3.55. The average molecular weight is 311 g/mol. The van der Waals surface area contributed by atoms with Crippen molar-refractivity contribution in [1.29, 1.82) is 0 Å². The van der Waals surface area contributed by atoms with Crippen LogP contribution in [0.3, 0.4) is 0 Å². The van der Waals surface area contributed by atoms with Crippen molar-refractivity contribution in [2.24, 2.45) is 0 Å². The molecule has 0 aliphatic rings. The molecular formula is C15H9N3O5. The van der Waals surface area contributed by atoms with Crippen LogP contribution in [0, 0.1) is 20.2 Å². The number of furan rings is 1. The first-order valence-electron chi connectivity index (χ1n) is 6.51. The topological polar surface area (TPSA) is 112 Å². The van der Waals surface area contributed by atoms with Crippen molar-refractivity contribution < 1.29 is 14.3 Å². The van der Waals surface area contributed by atoms with Gasteiger partial charge in [-0.25, -0.2) is 4.98 Å². The van der Waals surface area contributed by atoms with E-state index < -0.39 is 9.85 Å². The Morgan fingerprint density at radius 3 is 2.48 bits per heavy atom. The number of aromatic nitrogens is 1. The number of nitro groups is 2. The number of hydrogen-bond acceptors (Lipinski definition) is 6. The monoisotopic (exact) mass is 311 g/mol. The second-order valence-corrected chi connectivity index (χ2v) is 4.60. The first-order chi connectivity index (χ1) is 11.0. The summed E-state index contributed by atoms with van der Waals surface area (Å²) in [5, 5.41) is 22.0. The molecule has 3 rings (SSSR count). The SMILES string of the molecule is O=[N+]([O-])c1ccc(C=Cc2ccc3c([N+](=O)[O-])cccc3n2)o1. The van der Waals surface area contributed by atoms with Gasteiger partial charge >= 0.3 is 5.88 Å². The van der Waals surface area contributed by atoms with E-state index in [1.54, 1.807) is 36.4 Å². The van der Waals surface area contributed by atoms with E-state index in [-0.39, 0.29) is 11.6 Å². The van der Waals surface area contributed by atoms with E-state index in [0.29, 0.717) is 22.4 Å². The van der Waals surface area contributed by atoms with Crippen LogP contribution in [0.1, 0.15) is 11.5 Å². The van der Waals surface area contributed by atoms with Crippen molar-refractivity contribution in [1.82, 2.24) is 4.98 Å². The quantitative estimate of drug-likeness (QED) is 0.534. The summed E-state index contributed by atoms with van der Waals surface area (Å²) >= 11 is 0. The third-order valence-corrected chi connectivity index (χ3v) is 3.14. The van der Waals surface area contributed by atoms with Gasteiger partial charge in [0, 0.05) is 6.07 Å². The zero-order valence-corrected chi connectivity index (χ0v) is 11.6. The minimum Gasteiger partial charge on any atom is -0.401 e. The lowest BCUT2D eigenvalue weighted by Crippen LogP contribution is -1.91. The Bertz CT molecular complexity index is 945. The Labute approximate surface area is 129 Å². The van der Waals surface area contributed by atoms with Gasteiger partial charge in [0.1, 0.15) is 10.7 Å². The molecule has 0 aliphatic carbocycles. The van der Waals surface area contributed by atoms with E-state index in [9.17, 15) is 20.2 Å². The van der Waals surface area contributed by atoms with Gasteiger partial charge < -0.3 is 4.42 Å². The lowest BCUT2D eigenvalue weighted by molar-refractivity contribution is -0.402. The Balaban J connectivity index is 1.92. The largest absolute Gasteiger partial charge is 0.433 e. The maximum Gasteiger partial charge on any atom is 0.433 e. The van der Waals surface area contributed by atoms with Gasteiger partial charge in [-0.15, -0.1) is 0 Å². The fraction of sp³-hybridized carbons (Fsp3) is 0. The maximum atomic E-state index is 11.0. The molecule has 0 N–H and O–H groups in total. The molecule has 3 aromatic rings. The van der Waals surface area contributed by atoms with Crippen molar-refractivity contribution in [3.63, 3.8) is 0 Å². The number of nitrogens with zero attached hydrogens (tertiary/aromatic N) is 3. The number of hydrogen-bond donors (Lipinski definition) is 0. The van der Waals surface area contributed by atoms with Crippen molar-refractivity contribution >= 4 is 34.6 Å². The third kappa shape index (κ3) is 2.91. The number of nitro benzene ring substituents is 1. The van der Waals surface area contributed by atoms with Crippen molar-refractivity contribution in [2.45, 2.75) is 0 Å². The van der Waals surface area contributed by atoms with Crippen LogP contribution in [-0.4, -0.2) is 14.8 Å². The van der Waals surface area contributed by atoms with Crippen LogP contribution in [0.4, 0.5) is 11.6 Å². The first-order valence-corrected chi connectivity index (χ1v) is 6.51. The number of pyridine rings is 1. The van der Waals surface area contributed by atoms with Crippen LogP contribution < -0.4 is 0 Å². The highest BCUT2D eigenvalue weighted by Crippen LogP contribution is 2.24. The summed E-state index contributed by atoms with van der Waals surface area (Å²) in [6.07, 6.45) is 3.15. The van der Waals surface area contributed by atoms with Crippen LogP contribution in [-0.2, 0) is 0 Å². The number of benzene rings is 1. The molecule has 8 nitrogen and oxygen atoms in total. The summed E-state index contributed by atoms with van der Waals surface area (Å²) in [7, 11) is 0. The number of non-ortho nitro benzene ring substituents is 1. The molecular weight excluding hydrogens is 302 g/mol. The maximum absolute atomic E-state index is 11.0. The number of rotatable bonds is 4. The first kappa shape index (κ1) is 14.4. The van der Waals surface area contributed by atoms with Gasteiger partial charge in [-0.05, 0) is 36.4 Å². The second kappa shape index (κ2) is 5.68. The Kier molecular flexibility index (Phi) is 3.55. The lowest BCUT2D eigenvalue weighted by Gasteiger charge is -2.00. The van der Waals surface area contributed by atoms with Gasteiger partial charge in [-0.3, -0.25) is 20.2 Å². The molecule has 0 saturated heterocycles. The van der Waals surface area contributed by atoms with Crippen molar-refractivity contribution in [2.75, 3.05) is 0 Å². The smallest absolute Gasteiger partial charge is 0.401 e. The lowest BCUT2D eigenvalue weighted by atomic mass is 10.1. The van der Waals surface area contributed by atoms with Crippen LogP contribution in [0.15, 0.2) is 46.9 Å². The summed E-state index contributed by atoms with van der Waals surface area (Å²) in [5.41, 5.74) is 1.04. The normalized spacial score (nSPS) is 11.1. The van der Waals surface area contributed by atoms with Gasteiger partial charge in [-0.1, -0.05) is 6.07 Å². The van der Waals surface area contributed by atoms with Gasteiger partial charge in [-0.2, -0.15) is 0 Å². The van der Waals surface area contributed by atoms with Crippen LogP contribution in [0.5, 0.6) is 0 Å². The zero-order valence-electron chi connectivity index (χ0n) is 11.6. The highest BCUT2D eigenvalue weighted by atomic mass is 16.6. The molecule has 0 unspecified atom stereocenters. The molecule has 0 atom stereocenters. The van der Waals surface area contributed by atoms with Crippen molar-refractivity contribution in [3.05, 3.63) is 74.1 Å². The molecule has 23 heavy (non-hydrogen) atoms. The molecule has 0 fully saturated rings.